The zero-order valence-electron chi connectivity index (χ0n) is 11.7. The number of aliphatic carboxylic acids is 1. The highest BCUT2D eigenvalue weighted by Crippen LogP contribution is 2.24. The number of carbonyl (C=O) groups is 2. The molecule has 2 rings (SSSR count). The van der Waals surface area contributed by atoms with Gasteiger partial charge in [-0.05, 0) is 12.8 Å². The molecular formula is C13H16ClN3O5. The van der Waals surface area contributed by atoms with Crippen LogP contribution in [0.25, 0.3) is 0 Å². The molecule has 1 saturated carbocycles. The van der Waals surface area contributed by atoms with Gasteiger partial charge in [-0.3, -0.25) is 19.1 Å². The van der Waals surface area contributed by atoms with Gasteiger partial charge in [0.25, 0.3) is 5.56 Å². The number of hydrogen-bond acceptors (Lipinski definition) is 4. The van der Waals surface area contributed by atoms with E-state index in [-0.39, 0.29) is 23.4 Å². The molecule has 8 nitrogen and oxygen atoms in total. The summed E-state index contributed by atoms with van der Waals surface area (Å²) >= 11 is 5.62. The smallest absolute Gasteiger partial charge is 0.328 e. The normalized spacial score (nSPS) is 16.4. The fraction of sp³-hybridized carbons (Fsp3) is 0.538. The minimum absolute atomic E-state index is 0.183. The van der Waals surface area contributed by atoms with Crippen molar-refractivity contribution in [1.82, 2.24) is 14.9 Å². The third kappa shape index (κ3) is 3.76. The molecule has 0 aromatic carbocycles. The van der Waals surface area contributed by atoms with E-state index in [0.717, 1.165) is 36.4 Å². The second-order valence-corrected chi connectivity index (χ2v) is 5.68. The van der Waals surface area contributed by atoms with E-state index >= 15 is 0 Å². The van der Waals surface area contributed by atoms with E-state index in [2.05, 4.69) is 5.32 Å². The number of H-pyrrole nitrogens is 1. The fourth-order valence-electron chi connectivity index (χ4n) is 2.48. The minimum atomic E-state index is -1.27. The molecule has 1 fully saturated rings. The standard InChI is InChI=1S/C13H16ClN3O5/c14-8-5-17(13(22)16-11(8)19)6-9(12(20)21)15-10(18)7-3-1-2-4-7/h5,7,9H,1-4,6H2,(H,15,18)(H,20,21)(H,16,19,22). The van der Waals surface area contributed by atoms with Gasteiger partial charge in [-0.2, -0.15) is 0 Å². The van der Waals surface area contributed by atoms with E-state index in [1.165, 1.54) is 0 Å². The molecule has 0 spiro atoms. The second-order valence-electron chi connectivity index (χ2n) is 5.27. The lowest BCUT2D eigenvalue weighted by Crippen LogP contribution is -2.47. The summed E-state index contributed by atoms with van der Waals surface area (Å²) in [6.07, 6.45) is 4.43. The number of amides is 1. The summed E-state index contributed by atoms with van der Waals surface area (Å²) in [5.74, 6) is -1.77. The molecule has 120 valence electrons. The first kappa shape index (κ1) is 16.3. The Morgan fingerprint density at radius 2 is 2.05 bits per heavy atom. The van der Waals surface area contributed by atoms with Crippen molar-refractivity contribution in [2.24, 2.45) is 5.92 Å². The molecule has 1 aromatic heterocycles. The first-order valence-corrected chi connectivity index (χ1v) is 7.28. The SMILES string of the molecule is O=C(NC(Cn1cc(Cl)c(=O)[nH]c1=O)C(=O)O)C1CCCC1. The van der Waals surface area contributed by atoms with E-state index < -0.39 is 23.3 Å². The number of carboxylic acids is 1. The van der Waals surface area contributed by atoms with Crippen molar-refractivity contribution >= 4 is 23.5 Å². The number of hydrogen-bond donors (Lipinski definition) is 3. The zero-order chi connectivity index (χ0) is 16.3. The Bertz CT molecular complexity index is 690. The highest BCUT2D eigenvalue weighted by atomic mass is 35.5. The molecule has 1 aliphatic carbocycles. The molecular weight excluding hydrogens is 314 g/mol. The zero-order valence-corrected chi connectivity index (χ0v) is 12.4. The molecule has 0 radical (unpaired) electrons. The molecule has 0 bridgehead atoms. The van der Waals surface area contributed by atoms with Gasteiger partial charge in [0.15, 0.2) is 0 Å². The second kappa shape index (κ2) is 6.78. The average molecular weight is 330 g/mol. The van der Waals surface area contributed by atoms with Crippen LogP contribution in [0, 0.1) is 5.92 Å². The Hall–Kier alpha value is -2.09. The lowest BCUT2D eigenvalue weighted by molar-refractivity contribution is -0.142. The lowest BCUT2D eigenvalue weighted by Gasteiger charge is -2.18. The molecule has 1 aliphatic rings. The van der Waals surface area contributed by atoms with Crippen LogP contribution in [-0.4, -0.2) is 32.6 Å². The minimum Gasteiger partial charge on any atom is -0.480 e. The Morgan fingerprint density at radius 3 is 2.64 bits per heavy atom. The van der Waals surface area contributed by atoms with Crippen molar-refractivity contribution in [2.45, 2.75) is 38.3 Å². The first-order chi connectivity index (χ1) is 10.4. The Kier molecular flexibility index (Phi) is 5.02. The molecule has 1 aromatic rings. The van der Waals surface area contributed by atoms with E-state index in [1.54, 1.807) is 0 Å². The van der Waals surface area contributed by atoms with E-state index in [9.17, 15) is 24.3 Å². The largest absolute Gasteiger partial charge is 0.480 e. The van der Waals surface area contributed by atoms with Crippen molar-refractivity contribution in [2.75, 3.05) is 0 Å². The maximum atomic E-state index is 12.0. The molecule has 0 aliphatic heterocycles. The van der Waals surface area contributed by atoms with Crippen LogP contribution < -0.4 is 16.6 Å². The average Bonchev–Trinajstić information content (AvgIpc) is 2.97. The molecule has 3 N–H and O–H groups in total. The van der Waals surface area contributed by atoms with Gasteiger partial charge in [-0.1, -0.05) is 24.4 Å². The van der Waals surface area contributed by atoms with Gasteiger partial charge >= 0.3 is 11.7 Å². The molecule has 22 heavy (non-hydrogen) atoms. The summed E-state index contributed by atoms with van der Waals surface area (Å²) in [6, 6.07) is -1.27. The molecule has 1 amide bonds. The number of carboxylic acid groups (broad SMARTS) is 1. The Balaban J connectivity index is 2.14. The number of nitrogens with one attached hydrogen (secondary N) is 2. The fourth-order valence-corrected chi connectivity index (χ4v) is 2.64. The summed E-state index contributed by atoms with van der Waals surface area (Å²) in [6.45, 7) is -0.316. The van der Waals surface area contributed by atoms with Crippen molar-refractivity contribution in [3.05, 3.63) is 32.1 Å². The van der Waals surface area contributed by atoms with Crippen LogP contribution in [-0.2, 0) is 16.1 Å². The molecule has 1 atom stereocenters. The maximum absolute atomic E-state index is 12.0. The number of aromatic nitrogens is 2. The highest BCUT2D eigenvalue weighted by Gasteiger charge is 2.28. The summed E-state index contributed by atoms with van der Waals surface area (Å²) in [7, 11) is 0. The van der Waals surface area contributed by atoms with Gasteiger partial charge in [-0.25, -0.2) is 9.59 Å². The summed E-state index contributed by atoms with van der Waals surface area (Å²) in [5.41, 5.74) is -1.53. The summed E-state index contributed by atoms with van der Waals surface area (Å²) in [5, 5.41) is 11.4. The van der Waals surface area contributed by atoms with Crippen LogP contribution in [0.2, 0.25) is 5.02 Å². The maximum Gasteiger partial charge on any atom is 0.328 e. The van der Waals surface area contributed by atoms with Crippen LogP contribution in [0.1, 0.15) is 25.7 Å². The van der Waals surface area contributed by atoms with Crippen LogP contribution in [0.4, 0.5) is 0 Å². The van der Waals surface area contributed by atoms with Gasteiger partial charge in [0, 0.05) is 12.1 Å². The summed E-state index contributed by atoms with van der Waals surface area (Å²) < 4.78 is 0.956. The molecule has 1 unspecified atom stereocenters. The van der Waals surface area contributed by atoms with Crippen LogP contribution in [0.5, 0.6) is 0 Å². The van der Waals surface area contributed by atoms with Gasteiger partial charge in [0.05, 0.1) is 6.54 Å². The van der Waals surface area contributed by atoms with Crippen LogP contribution in [0.15, 0.2) is 15.8 Å². The molecule has 0 saturated heterocycles. The number of nitrogens with zero attached hydrogens (tertiary/aromatic N) is 1. The Morgan fingerprint density at radius 1 is 1.41 bits per heavy atom. The van der Waals surface area contributed by atoms with Crippen molar-refractivity contribution in [3.63, 3.8) is 0 Å². The van der Waals surface area contributed by atoms with E-state index in [1.807, 2.05) is 4.98 Å². The third-order valence-electron chi connectivity index (χ3n) is 3.69. The third-order valence-corrected chi connectivity index (χ3v) is 3.96. The van der Waals surface area contributed by atoms with Crippen molar-refractivity contribution in [1.29, 1.82) is 0 Å². The van der Waals surface area contributed by atoms with Gasteiger partial charge < -0.3 is 10.4 Å². The van der Waals surface area contributed by atoms with Gasteiger partial charge in [-0.15, -0.1) is 0 Å². The summed E-state index contributed by atoms with van der Waals surface area (Å²) in [4.78, 5) is 48.1. The molecule has 1 heterocycles. The Labute approximate surface area is 130 Å². The van der Waals surface area contributed by atoms with E-state index in [4.69, 9.17) is 11.6 Å². The van der Waals surface area contributed by atoms with Gasteiger partial charge in [0.2, 0.25) is 5.91 Å². The number of carbonyl (C=O) groups excluding carboxylic acids is 1. The topological polar surface area (TPSA) is 121 Å². The van der Waals surface area contributed by atoms with Crippen LogP contribution >= 0.6 is 11.6 Å². The van der Waals surface area contributed by atoms with Crippen LogP contribution in [0.3, 0.4) is 0 Å². The predicted octanol–water partition coefficient (Wildman–Crippen LogP) is -0.0504. The highest BCUT2D eigenvalue weighted by molar-refractivity contribution is 6.30. The quantitative estimate of drug-likeness (QED) is 0.699. The van der Waals surface area contributed by atoms with Crippen molar-refractivity contribution < 1.29 is 14.7 Å². The number of aromatic amines is 1. The van der Waals surface area contributed by atoms with Crippen molar-refractivity contribution in [3.8, 4) is 0 Å². The van der Waals surface area contributed by atoms with E-state index in [0.29, 0.717) is 0 Å². The lowest BCUT2D eigenvalue weighted by atomic mass is 10.1. The predicted molar refractivity (Wildman–Crippen MR) is 77.9 cm³/mol. The molecule has 9 heteroatoms. The number of halogens is 1. The monoisotopic (exact) mass is 329 g/mol. The number of rotatable bonds is 5. The first-order valence-electron chi connectivity index (χ1n) is 6.91. The van der Waals surface area contributed by atoms with Gasteiger partial charge in [0.1, 0.15) is 11.1 Å².